The van der Waals surface area contributed by atoms with Crippen molar-refractivity contribution in [2.24, 2.45) is 5.92 Å². The molecule has 7 nitrogen and oxygen atoms in total. The van der Waals surface area contributed by atoms with E-state index in [1.54, 1.807) is 12.1 Å². The van der Waals surface area contributed by atoms with Crippen molar-refractivity contribution < 1.29 is 9.59 Å². The first-order valence-corrected chi connectivity index (χ1v) is 12.7. The highest BCUT2D eigenvalue weighted by molar-refractivity contribution is 7.99. The molecule has 0 saturated carbocycles. The zero-order valence-corrected chi connectivity index (χ0v) is 21.9. The normalized spacial score (nSPS) is 12.0. The molecule has 0 radical (unpaired) electrons. The fraction of sp³-hybridized carbons (Fsp3) is 0.304. The first-order chi connectivity index (χ1) is 16.2. The SMILES string of the molecule is CCn1c(SCC(=O)Nc2c(Cl)cc(Cl)cc2Cl)nnc1[C@@H](NC(=O)c1ccccc1)C(C)C. The van der Waals surface area contributed by atoms with Crippen molar-refractivity contribution in [1.29, 1.82) is 0 Å². The van der Waals surface area contributed by atoms with E-state index in [4.69, 9.17) is 34.8 Å². The number of thioether (sulfide) groups is 1. The van der Waals surface area contributed by atoms with Crippen molar-refractivity contribution in [3.05, 3.63) is 68.9 Å². The molecular formula is C23H24Cl3N5O2S. The van der Waals surface area contributed by atoms with Gasteiger partial charge in [0.1, 0.15) is 0 Å². The number of carbonyl (C=O) groups excluding carboxylic acids is 2. The molecule has 0 unspecified atom stereocenters. The number of hydrogen-bond acceptors (Lipinski definition) is 5. The number of anilines is 1. The van der Waals surface area contributed by atoms with Crippen LogP contribution in [0, 0.1) is 5.92 Å². The van der Waals surface area contributed by atoms with Crippen LogP contribution in [0.5, 0.6) is 0 Å². The molecule has 0 fully saturated rings. The number of halogens is 3. The fourth-order valence-electron chi connectivity index (χ4n) is 3.24. The average Bonchev–Trinajstić information content (AvgIpc) is 3.21. The second kappa shape index (κ2) is 11.9. The van der Waals surface area contributed by atoms with Gasteiger partial charge in [0.05, 0.1) is 27.5 Å². The van der Waals surface area contributed by atoms with E-state index in [0.29, 0.717) is 33.8 Å². The molecule has 0 bridgehead atoms. The van der Waals surface area contributed by atoms with Crippen molar-refractivity contribution in [2.75, 3.05) is 11.1 Å². The molecule has 1 atom stereocenters. The van der Waals surface area contributed by atoms with Gasteiger partial charge in [0.2, 0.25) is 5.91 Å². The molecule has 1 aromatic heterocycles. The largest absolute Gasteiger partial charge is 0.342 e. The maximum absolute atomic E-state index is 12.7. The zero-order chi connectivity index (χ0) is 24.8. The smallest absolute Gasteiger partial charge is 0.251 e. The summed E-state index contributed by atoms with van der Waals surface area (Å²) in [5.41, 5.74) is 0.876. The molecule has 0 aliphatic heterocycles. The topological polar surface area (TPSA) is 88.9 Å². The second-order valence-electron chi connectivity index (χ2n) is 7.73. The molecule has 34 heavy (non-hydrogen) atoms. The van der Waals surface area contributed by atoms with E-state index in [1.165, 1.54) is 23.9 Å². The van der Waals surface area contributed by atoms with Gasteiger partial charge in [0.25, 0.3) is 5.91 Å². The summed E-state index contributed by atoms with van der Waals surface area (Å²) >= 11 is 19.4. The van der Waals surface area contributed by atoms with Crippen molar-refractivity contribution in [1.82, 2.24) is 20.1 Å². The van der Waals surface area contributed by atoms with E-state index < -0.39 is 0 Å². The molecule has 2 amide bonds. The van der Waals surface area contributed by atoms with Gasteiger partial charge in [-0.15, -0.1) is 10.2 Å². The Kier molecular flexibility index (Phi) is 9.24. The lowest BCUT2D eigenvalue weighted by Crippen LogP contribution is -2.33. The van der Waals surface area contributed by atoms with E-state index in [-0.39, 0.29) is 39.6 Å². The van der Waals surface area contributed by atoms with Gasteiger partial charge in [-0.05, 0) is 37.1 Å². The van der Waals surface area contributed by atoms with Gasteiger partial charge in [-0.1, -0.05) is 78.6 Å². The van der Waals surface area contributed by atoms with Crippen LogP contribution in [0.2, 0.25) is 15.1 Å². The Hall–Kier alpha value is -2.26. The van der Waals surface area contributed by atoms with Crippen LogP contribution in [0.3, 0.4) is 0 Å². The third kappa shape index (κ3) is 6.44. The number of amides is 2. The standard InChI is InChI=1S/C23H24Cl3N5O2S/c1-4-31-21(19(13(2)3)28-22(33)14-8-6-5-7-9-14)29-30-23(31)34-12-18(32)27-20-16(25)10-15(24)11-17(20)26/h5-11,13,19H,4,12H2,1-3H3,(H,27,32)(H,28,33)/t19-/m0/s1. The van der Waals surface area contributed by atoms with Gasteiger partial charge in [-0.3, -0.25) is 9.59 Å². The van der Waals surface area contributed by atoms with E-state index in [2.05, 4.69) is 20.8 Å². The molecule has 3 rings (SSSR count). The minimum Gasteiger partial charge on any atom is -0.342 e. The maximum Gasteiger partial charge on any atom is 0.251 e. The summed E-state index contributed by atoms with van der Waals surface area (Å²) in [6.07, 6.45) is 0. The number of nitrogens with one attached hydrogen (secondary N) is 2. The van der Waals surface area contributed by atoms with E-state index in [1.807, 2.05) is 43.5 Å². The van der Waals surface area contributed by atoms with Crippen LogP contribution >= 0.6 is 46.6 Å². The molecule has 0 spiro atoms. The predicted molar refractivity (Wildman–Crippen MR) is 138 cm³/mol. The molecule has 0 aliphatic rings. The minimum atomic E-state index is -0.352. The molecule has 1 heterocycles. The first-order valence-electron chi connectivity index (χ1n) is 10.6. The Labute approximate surface area is 217 Å². The minimum absolute atomic E-state index is 0.0656. The summed E-state index contributed by atoms with van der Waals surface area (Å²) in [5.74, 6) is 0.276. The predicted octanol–water partition coefficient (Wildman–Crippen LogP) is 6.12. The molecule has 180 valence electrons. The van der Waals surface area contributed by atoms with Gasteiger partial charge in [0.15, 0.2) is 11.0 Å². The Balaban J connectivity index is 1.72. The summed E-state index contributed by atoms with van der Waals surface area (Å²) in [4.78, 5) is 25.3. The van der Waals surface area contributed by atoms with Crippen molar-refractivity contribution in [3.63, 3.8) is 0 Å². The summed E-state index contributed by atoms with van der Waals surface area (Å²) in [6, 6.07) is 11.7. The number of rotatable bonds is 9. The van der Waals surface area contributed by atoms with Crippen molar-refractivity contribution >= 4 is 64.1 Å². The van der Waals surface area contributed by atoms with Crippen LogP contribution in [0.1, 0.15) is 43.0 Å². The molecule has 0 saturated heterocycles. The van der Waals surface area contributed by atoms with Crippen molar-refractivity contribution in [3.8, 4) is 0 Å². The van der Waals surface area contributed by atoms with Crippen LogP contribution in [0.4, 0.5) is 5.69 Å². The fourth-order valence-corrected chi connectivity index (χ4v) is 4.97. The summed E-state index contributed by atoms with van der Waals surface area (Å²) < 4.78 is 1.90. The van der Waals surface area contributed by atoms with E-state index in [9.17, 15) is 9.59 Å². The molecule has 2 aromatic carbocycles. The second-order valence-corrected chi connectivity index (χ2v) is 9.92. The molecule has 3 aromatic rings. The number of benzene rings is 2. The third-order valence-electron chi connectivity index (χ3n) is 4.93. The number of carbonyl (C=O) groups is 2. The lowest BCUT2D eigenvalue weighted by Gasteiger charge is -2.22. The van der Waals surface area contributed by atoms with Crippen LogP contribution < -0.4 is 10.6 Å². The highest BCUT2D eigenvalue weighted by atomic mass is 35.5. The summed E-state index contributed by atoms with van der Waals surface area (Å²) in [6.45, 7) is 6.54. The highest BCUT2D eigenvalue weighted by Crippen LogP contribution is 2.34. The average molecular weight is 541 g/mol. The van der Waals surface area contributed by atoms with E-state index >= 15 is 0 Å². The number of aromatic nitrogens is 3. The maximum atomic E-state index is 12.7. The van der Waals surface area contributed by atoms with Gasteiger partial charge >= 0.3 is 0 Å². The Morgan fingerprint density at radius 3 is 2.29 bits per heavy atom. The van der Waals surface area contributed by atoms with E-state index in [0.717, 1.165) is 0 Å². The summed E-state index contributed by atoms with van der Waals surface area (Å²) in [7, 11) is 0. The molecule has 11 heteroatoms. The van der Waals surface area contributed by atoms with Gasteiger partial charge in [0, 0.05) is 17.1 Å². The Bertz CT molecular complexity index is 1150. The Morgan fingerprint density at radius 2 is 1.71 bits per heavy atom. The van der Waals surface area contributed by atoms with Crippen LogP contribution in [0.25, 0.3) is 0 Å². The van der Waals surface area contributed by atoms with Crippen molar-refractivity contribution in [2.45, 2.75) is 38.5 Å². The quantitative estimate of drug-likeness (QED) is 0.319. The molecule has 2 N–H and O–H groups in total. The third-order valence-corrected chi connectivity index (χ3v) is 6.71. The lowest BCUT2D eigenvalue weighted by atomic mass is 10.0. The zero-order valence-electron chi connectivity index (χ0n) is 18.8. The monoisotopic (exact) mass is 539 g/mol. The Morgan fingerprint density at radius 1 is 1.06 bits per heavy atom. The van der Waals surface area contributed by atoms with Crippen LogP contribution in [-0.2, 0) is 11.3 Å². The van der Waals surface area contributed by atoms with Crippen LogP contribution in [-0.4, -0.2) is 32.3 Å². The highest BCUT2D eigenvalue weighted by Gasteiger charge is 2.26. The van der Waals surface area contributed by atoms with Gasteiger partial charge < -0.3 is 15.2 Å². The van der Waals surface area contributed by atoms with Gasteiger partial charge in [-0.2, -0.15) is 0 Å². The lowest BCUT2D eigenvalue weighted by molar-refractivity contribution is -0.113. The van der Waals surface area contributed by atoms with Crippen LogP contribution in [0.15, 0.2) is 47.6 Å². The molecular weight excluding hydrogens is 517 g/mol. The summed E-state index contributed by atoms with van der Waals surface area (Å²) in [5, 5.41) is 15.8. The number of hydrogen-bond donors (Lipinski definition) is 2. The molecule has 0 aliphatic carbocycles. The number of nitrogens with zero attached hydrogens (tertiary/aromatic N) is 3. The van der Waals surface area contributed by atoms with Gasteiger partial charge in [-0.25, -0.2) is 0 Å². The first kappa shape index (κ1) is 26.3.